The molecule has 1 rings (SSSR count). The SMILES string of the molecule is C=CCOc1ccc(C=C(CC)CN)cc1. The Morgan fingerprint density at radius 1 is 1.38 bits per heavy atom. The molecule has 0 saturated heterocycles. The molecule has 0 radical (unpaired) electrons. The van der Waals surface area contributed by atoms with Gasteiger partial charge >= 0.3 is 0 Å². The highest BCUT2D eigenvalue weighted by Gasteiger charge is 1.94. The highest BCUT2D eigenvalue weighted by atomic mass is 16.5. The van der Waals surface area contributed by atoms with Crippen molar-refractivity contribution >= 4 is 6.08 Å². The first kappa shape index (κ1) is 12.5. The Kier molecular flexibility index (Phi) is 5.37. The van der Waals surface area contributed by atoms with Crippen LogP contribution in [-0.2, 0) is 0 Å². The fourth-order valence-electron chi connectivity index (χ4n) is 1.36. The molecule has 2 N–H and O–H groups in total. The maximum Gasteiger partial charge on any atom is 0.119 e. The van der Waals surface area contributed by atoms with Gasteiger partial charge in [-0.2, -0.15) is 0 Å². The molecule has 2 heteroatoms. The van der Waals surface area contributed by atoms with Crippen LogP contribution in [0.25, 0.3) is 6.08 Å². The van der Waals surface area contributed by atoms with Crippen molar-refractivity contribution in [1.82, 2.24) is 0 Å². The first-order valence-corrected chi connectivity index (χ1v) is 5.53. The van der Waals surface area contributed by atoms with Gasteiger partial charge in [0.05, 0.1) is 0 Å². The molecule has 0 aliphatic rings. The van der Waals surface area contributed by atoms with Crippen molar-refractivity contribution in [3.05, 3.63) is 48.1 Å². The van der Waals surface area contributed by atoms with Gasteiger partial charge in [0.2, 0.25) is 0 Å². The summed E-state index contributed by atoms with van der Waals surface area (Å²) in [5.41, 5.74) is 8.03. The minimum Gasteiger partial charge on any atom is -0.490 e. The third kappa shape index (κ3) is 3.91. The number of rotatable bonds is 6. The van der Waals surface area contributed by atoms with Crippen molar-refractivity contribution in [3.63, 3.8) is 0 Å². The van der Waals surface area contributed by atoms with Gasteiger partial charge in [-0.15, -0.1) is 0 Å². The summed E-state index contributed by atoms with van der Waals surface area (Å²) in [4.78, 5) is 0. The molecule has 0 unspecified atom stereocenters. The Bertz CT molecular complexity index is 346. The molecule has 0 saturated carbocycles. The molecular formula is C14H19NO. The van der Waals surface area contributed by atoms with E-state index in [2.05, 4.69) is 19.6 Å². The first-order chi connectivity index (χ1) is 7.80. The molecule has 0 bridgehead atoms. The van der Waals surface area contributed by atoms with Crippen LogP contribution in [0.1, 0.15) is 18.9 Å². The molecule has 86 valence electrons. The minimum atomic E-state index is 0.540. The number of ether oxygens (including phenoxy) is 1. The van der Waals surface area contributed by atoms with Gasteiger partial charge in [-0.1, -0.05) is 43.4 Å². The molecule has 0 amide bonds. The summed E-state index contributed by atoms with van der Waals surface area (Å²) >= 11 is 0. The van der Waals surface area contributed by atoms with E-state index in [1.54, 1.807) is 6.08 Å². The second kappa shape index (κ2) is 6.85. The van der Waals surface area contributed by atoms with Gasteiger partial charge in [-0.3, -0.25) is 0 Å². The zero-order chi connectivity index (χ0) is 11.8. The van der Waals surface area contributed by atoms with E-state index < -0.39 is 0 Å². The van der Waals surface area contributed by atoms with Gasteiger partial charge in [0.1, 0.15) is 12.4 Å². The van der Waals surface area contributed by atoms with Crippen molar-refractivity contribution in [2.24, 2.45) is 5.73 Å². The highest BCUT2D eigenvalue weighted by molar-refractivity contribution is 5.54. The fourth-order valence-corrected chi connectivity index (χ4v) is 1.36. The maximum absolute atomic E-state index is 5.62. The van der Waals surface area contributed by atoms with Crippen LogP contribution in [-0.4, -0.2) is 13.2 Å². The molecule has 1 aromatic carbocycles. The quantitative estimate of drug-likeness (QED) is 0.743. The van der Waals surface area contributed by atoms with Crippen LogP contribution in [0.5, 0.6) is 5.75 Å². The lowest BCUT2D eigenvalue weighted by Gasteiger charge is -2.04. The summed E-state index contributed by atoms with van der Waals surface area (Å²) in [6.07, 6.45) is 4.85. The molecule has 0 heterocycles. The van der Waals surface area contributed by atoms with Crippen LogP contribution in [0.2, 0.25) is 0 Å². The van der Waals surface area contributed by atoms with Gasteiger partial charge in [-0.05, 0) is 24.1 Å². The summed E-state index contributed by atoms with van der Waals surface area (Å²) in [7, 11) is 0. The van der Waals surface area contributed by atoms with Crippen LogP contribution in [0.3, 0.4) is 0 Å². The lowest BCUT2D eigenvalue weighted by Crippen LogP contribution is -2.01. The van der Waals surface area contributed by atoms with Gasteiger partial charge in [0.15, 0.2) is 0 Å². The summed E-state index contributed by atoms with van der Waals surface area (Å²) in [5, 5.41) is 0. The van der Waals surface area contributed by atoms with E-state index >= 15 is 0 Å². The van der Waals surface area contributed by atoms with E-state index in [4.69, 9.17) is 10.5 Å². The number of hydrogen-bond donors (Lipinski definition) is 1. The number of benzene rings is 1. The zero-order valence-corrected chi connectivity index (χ0v) is 9.78. The van der Waals surface area contributed by atoms with Gasteiger partial charge in [0, 0.05) is 6.54 Å². The molecule has 0 fully saturated rings. The van der Waals surface area contributed by atoms with Crippen molar-refractivity contribution < 1.29 is 4.74 Å². The van der Waals surface area contributed by atoms with Crippen molar-refractivity contribution in [3.8, 4) is 5.75 Å². The number of hydrogen-bond acceptors (Lipinski definition) is 2. The van der Waals surface area contributed by atoms with Crippen molar-refractivity contribution in [2.75, 3.05) is 13.2 Å². The molecule has 0 aliphatic carbocycles. The molecular weight excluding hydrogens is 198 g/mol. The van der Waals surface area contributed by atoms with Gasteiger partial charge < -0.3 is 10.5 Å². The summed E-state index contributed by atoms with van der Waals surface area (Å²) in [6, 6.07) is 7.98. The summed E-state index contributed by atoms with van der Waals surface area (Å²) < 4.78 is 5.40. The monoisotopic (exact) mass is 217 g/mol. The average Bonchev–Trinajstić information content (AvgIpc) is 2.35. The predicted molar refractivity (Wildman–Crippen MR) is 69.5 cm³/mol. The predicted octanol–water partition coefficient (Wildman–Crippen LogP) is 3.00. The smallest absolute Gasteiger partial charge is 0.119 e. The van der Waals surface area contributed by atoms with Gasteiger partial charge in [0.25, 0.3) is 0 Å². The topological polar surface area (TPSA) is 35.2 Å². The summed E-state index contributed by atoms with van der Waals surface area (Å²) in [6.45, 7) is 6.87. The second-order valence-corrected chi connectivity index (χ2v) is 3.53. The summed E-state index contributed by atoms with van der Waals surface area (Å²) in [5.74, 6) is 0.864. The molecule has 0 spiro atoms. The molecule has 0 aliphatic heterocycles. The van der Waals surface area contributed by atoms with E-state index in [9.17, 15) is 0 Å². The maximum atomic E-state index is 5.62. The lowest BCUT2D eigenvalue weighted by atomic mass is 10.1. The largest absolute Gasteiger partial charge is 0.490 e. The Hall–Kier alpha value is -1.54. The molecule has 1 aromatic rings. The van der Waals surface area contributed by atoms with Crippen LogP contribution < -0.4 is 10.5 Å². The average molecular weight is 217 g/mol. The minimum absolute atomic E-state index is 0.540. The molecule has 2 nitrogen and oxygen atoms in total. The van der Waals surface area contributed by atoms with Crippen LogP contribution in [0.15, 0.2) is 42.5 Å². The highest BCUT2D eigenvalue weighted by Crippen LogP contribution is 2.15. The first-order valence-electron chi connectivity index (χ1n) is 5.53. The van der Waals surface area contributed by atoms with E-state index in [1.807, 2.05) is 24.3 Å². The zero-order valence-electron chi connectivity index (χ0n) is 9.78. The number of nitrogens with two attached hydrogens (primary N) is 1. The Morgan fingerprint density at radius 3 is 2.56 bits per heavy atom. The Balaban J connectivity index is 2.70. The third-order valence-corrected chi connectivity index (χ3v) is 2.34. The Labute approximate surface area is 97.4 Å². The van der Waals surface area contributed by atoms with Gasteiger partial charge in [-0.25, -0.2) is 0 Å². The van der Waals surface area contributed by atoms with E-state index in [0.717, 1.165) is 17.7 Å². The van der Waals surface area contributed by atoms with Crippen molar-refractivity contribution in [2.45, 2.75) is 13.3 Å². The van der Waals surface area contributed by atoms with E-state index in [1.165, 1.54) is 5.57 Å². The van der Waals surface area contributed by atoms with Crippen molar-refractivity contribution in [1.29, 1.82) is 0 Å². The second-order valence-electron chi connectivity index (χ2n) is 3.53. The van der Waals surface area contributed by atoms with Crippen LogP contribution in [0, 0.1) is 0 Å². The van der Waals surface area contributed by atoms with Crippen LogP contribution in [0.4, 0.5) is 0 Å². The Morgan fingerprint density at radius 2 is 2.06 bits per heavy atom. The normalized spacial score (nSPS) is 11.2. The molecule has 16 heavy (non-hydrogen) atoms. The van der Waals surface area contributed by atoms with E-state index in [-0.39, 0.29) is 0 Å². The van der Waals surface area contributed by atoms with E-state index in [0.29, 0.717) is 13.2 Å². The standard InChI is InChI=1S/C14H19NO/c1-3-9-16-14-7-5-13(6-8-14)10-12(4-2)11-15/h3,5-8,10H,1,4,9,11,15H2,2H3. The molecule has 0 atom stereocenters. The fraction of sp³-hybridized carbons (Fsp3) is 0.286. The molecule has 0 aromatic heterocycles. The third-order valence-electron chi connectivity index (χ3n) is 2.34. The lowest BCUT2D eigenvalue weighted by molar-refractivity contribution is 0.363. The van der Waals surface area contributed by atoms with Crippen LogP contribution >= 0.6 is 0 Å².